The van der Waals surface area contributed by atoms with Gasteiger partial charge in [0.25, 0.3) is 5.91 Å². The number of amides is 1. The van der Waals surface area contributed by atoms with Crippen molar-refractivity contribution >= 4 is 28.1 Å². The number of carbonyl (C=O) groups excluding carboxylic acids is 1. The van der Waals surface area contributed by atoms with Gasteiger partial charge < -0.3 is 9.47 Å². The van der Waals surface area contributed by atoms with E-state index in [2.05, 4.69) is 31.4 Å². The molecular formula is C21H18BrN3O3. The van der Waals surface area contributed by atoms with Crippen LogP contribution in [0.1, 0.15) is 21.5 Å². The predicted molar refractivity (Wildman–Crippen MR) is 111 cm³/mol. The van der Waals surface area contributed by atoms with Gasteiger partial charge in [0.05, 0.1) is 23.4 Å². The van der Waals surface area contributed by atoms with Gasteiger partial charge in [0, 0.05) is 12.4 Å². The highest BCUT2D eigenvalue weighted by Gasteiger charge is 2.12. The maximum Gasteiger partial charge on any atom is 0.272 e. The van der Waals surface area contributed by atoms with Crippen LogP contribution in [0.3, 0.4) is 0 Å². The van der Waals surface area contributed by atoms with Crippen LogP contribution in [0.15, 0.2) is 76.6 Å². The topological polar surface area (TPSA) is 72.8 Å². The second-order valence-electron chi connectivity index (χ2n) is 5.75. The van der Waals surface area contributed by atoms with Crippen LogP contribution in [-0.4, -0.2) is 24.2 Å². The third-order valence-electron chi connectivity index (χ3n) is 3.78. The summed E-state index contributed by atoms with van der Waals surface area (Å²) in [6, 6.07) is 16.8. The van der Waals surface area contributed by atoms with Gasteiger partial charge in [0.15, 0.2) is 11.5 Å². The third kappa shape index (κ3) is 5.17. The van der Waals surface area contributed by atoms with Gasteiger partial charge in [-0.05, 0) is 51.3 Å². The number of hydrogen-bond acceptors (Lipinski definition) is 5. The number of hydrogen-bond donors (Lipinski definition) is 1. The van der Waals surface area contributed by atoms with Gasteiger partial charge in [-0.3, -0.25) is 9.78 Å². The molecule has 0 unspecified atom stereocenters. The Hall–Kier alpha value is -3.19. The highest BCUT2D eigenvalue weighted by molar-refractivity contribution is 9.10. The molecule has 6 nitrogen and oxygen atoms in total. The molecule has 0 atom stereocenters. The van der Waals surface area contributed by atoms with Gasteiger partial charge >= 0.3 is 0 Å². The molecule has 0 saturated carbocycles. The van der Waals surface area contributed by atoms with Gasteiger partial charge in [0.2, 0.25) is 0 Å². The zero-order valence-corrected chi connectivity index (χ0v) is 16.7. The summed E-state index contributed by atoms with van der Waals surface area (Å²) >= 11 is 3.51. The van der Waals surface area contributed by atoms with E-state index in [-0.39, 0.29) is 5.91 Å². The molecule has 1 N–H and O–H groups in total. The zero-order valence-electron chi connectivity index (χ0n) is 15.1. The maximum atomic E-state index is 12.0. The Morgan fingerprint density at radius 2 is 2.04 bits per heavy atom. The molecule has 1 heterocycles. The first kappa shape index (κ1) is 19.6. The number of halogens is 1. The van der Waals surface area contributed by atoms with Crippen molar-refractivity contribution in [2.75, 3.05) is 7.11 Å². The third-order valence-corrected chi connectivity index (χ3v) is 4.37. The molecule has 3 aromatic rings. The largest absolute Gasteiger partial charge is 0.493 e. The van der Waals surface area contributed by atoms with Crippen molar-refractivity contribution in [2.45, 2.75) is 6.61 Å². The second-order valence-corrected chi connectivity index (χ2v) is 6.60. The fourth-order valence-electron chi connectivity index (χ4n) is 2.41. The summed E-state index contributed by atoms with van der Waals surface area (Å²) in [7, 11) is 1.57. The molecule has 0 aliphatic carbocycles. The number of benzene rings is 2. The molecule has 2 aromatic carbocycles. The minimum atomic E-state index is -0.335. The van der Waals surface area contributed by atoms with E-state index in [4.69, 9.17) is 9.47 Å². The molecule has 1 aromatic heterocycles. The van der Waals surface area contributed by atoms with Crippen LogP contribution in [0, 0.1) is 0 Å². The number of aromatic nitrogens is 1. The van der Waals surface area contributed by atoms with E-state index in [1.807, 2.05) is 36.4 Å². The average molecular weight is 440 g/mol. The number of carbonyl (C=O) groups is 1. The molecule has 3 rings (SSSR count). The fraction of sp³-hybridized carbons (Fsp3) is 0.0952. The smallest absolute Gasteiger partial charge is 0.272 e. The highest BCUT2D eigenvalue weighted by Crippen LogP contribution is 2.36. The van der Waals surface area contributed by atoms with Crippen molar-refractivity contribution in [3.8, 4) is 11.5 Å². The molecule has 7 heteroatoms. The minimum Gasteiger partial charge on any atom is -0.493 e. The van der Waals surface area contributed by atoms with Crippen molar-refractivity contribution < 1.29 is 14.3 Å². The summed E-state index contributed by atoms with van der Waals surface area (Å²) in [5, 5.41) is 3.99. The van der Waals surface area contributed by atoms with Gasteiger partial charge in [-0.15, -0.1) is 0 Å². The molecule has 0 bridgehead atoms. The number of nitrogens with zero attached hydrogens (tertiary/aromatic N) is 2. The zero-order chi connectivity index (χ0) is 19.8. The molecule has 28 heavy (non-hydrogen) atoms. The lowest BCUT2D eigenvalue weighted by atomic mass is 10.2. The molecule has 0 aliphatic rings. The lowest BCUT2D eigenvalue weighted by Gasteiger charge is -2.13. The van der Waals surface area contributed by atoms with Crippen molar-refractivity contribution in [2.24, 2.45) is 5.10 Å². The van der Waals surface area contributed by atoms with Gasteiger partial charge in [-0.2, -0.15) is 5.10 Å². The lowest BCUT2D eigenvalue weighted by Crippen LogP contribution is -2.17. The number of hydrazone groups is 1. The molecule has 0 radical (unpaired) electrons. The van der Waals surface area contributed by atoms with Crippen molar-refractivity contribution in [1.82, 2.24) is 10.4 Å². The number of ether oxygens (including phenoxy) is 2. The van der Waals surface area contributed by atoms with Crippen molar-refractivity contribution in [1.29, 1.82) is 0 Å². The molecule has 1 amide bonds. The van der Waals surface area contributed by atoms with E-state index < -0.39 is 0 Å². The summed E-state index contributed by atoms with van der Waals surface area (Å²) in [5.74, 6) is 0.825. The molecule has 0 aliphatic heterocycles. The summed E-state index contributed by atoms with van der Waals surface area (Å²) in [5.41, 5.74) is 4.70. The molecule has 0 fully saturated rings. The molecule has 0 saturated heterocycles. The normalized spacial score (nSPS) is 10.6. The Morgan fingerprint density at radius 1 is 1.21 bits per heavy atom. The SMILES string of the molecule is COc1cc(/C=N\NC(=O)c2cccnc2)cc(Br)c1OCc1ccccc1. The van der Waals surface area contributed by atoms with Crippen molar-refractivity contribution in [3.05, 3.63) is 88.2 Å². The number of pyridine rings is 1. The van der Waals surface area contributed by atoms with Crippen LogP contribution in [0.5, 0.6) is 11.5 Å². The summed E-state index contributed by atoms with van der Waals surface area (Å²) < 4.78 is 12.1. The van der Waals surface area contributed by atoms with Crippen LogP contribution >= 0.6 is 15.9 Å². The fourth-order valence-corrected chi connectivity index (χ4v) is 2.99. The number of methoxy groups -OCH3 is 1. The Morgan fingerprint density at radius 3 is 2.75 bits per heavy atom. The van der Waals surface area contributed by atoms with Crippen LogP contribution < -0.4 is 14.9 Å². The van der Waals surface area contributed by atoms with E-state index in [0.717, 1.165) is 15.6 Å². The highest BCUT2D eigenvalue weighted by atomic mass is 79.9. The molecular weight excluding hydrogens is 422 g/mol. The van der Waals surface area contributed by atoms with Gasteiger partial charge in [0.1, 0.15) is 6.61 Å². The quantitative estimate of drug-likeness (QED) is 0.442. The Kier molecular flexibility index (Phi) is 6.75. The molecule has 0 spiro atoms. The number of nitrogens with one attached hydrogen (secondary N) is 1. The first-order valence-corrected chi connectivity index (χ1v) is 9.24. The van der Waals surface area contributed by atoms with Crippen LogP contribution in [-0.2, 0) is 6.61 Å². The summed E-state index contributed by atoms with van der Waals surface area (Å²) in [6.07, 6.45) is 4.61. The van der Waals surface area contributed by atoms with Gasteiger partial charge in [-0.25, -0.2) is 5.43 Å². The van der Waals surface area contributed by atoms with E-state index >= 15 is 0 Å². The van der Waals surface area contributed by atoms with E-state index in [1.165, 1.54) is 12.4 Å². The minimum absolute atomic E-state index is 0.335. The van der Waals surface area contributed by atoms with Crippen LogP contribution in [0.25, 0.3) is 0 Å². The van der Waals surface area contributed by atoms with Crippen molar-refractivity contribution in [3.63, 3.8) is 0 Å². The number of rotatable bonds is 7. The van der Waals surface area contributed by atoms with E-state index in [9.17, 15) is 4.79 Å². The Balaban J connectivity index is 1.69. The monoisotopic (exact) mass is 439 g/mol. The average Bonchev–Trinajstić information content (AvgIpc) is 2.74. The van der Waals surface area contributed by atoms with E-state index in [0.29, 0.717) is 23.7 Å². The standard InChI is InChI=1S/C21H18BrN3O3/c1-27-19-11-16(12-24-25-21(26)17-8-5-9-23-13-17)10-18(22)20(19)28-14-15-6-3-2-4-7-15/h2-13H,14H2,1H3,(H,25,26)/b24-12-. The Bertz CT molecular complexity index is 963. The first-order valence-electron chi connectivity index (χ1n) is 8.45. The molecule has 142 valence electrons. The summed E-state index contributed by atoms with van der Waals surface area (Å²) in [4.78, 5) is 15.9. The first-order chi connectivity index (χ1) is 13.7. The van der Waals surface area contributed by atoms with Gasteiger partial charge in [-0.1, -0.05) is 30.3 Å². The summed E-state index contributed by atoms with van der Waals surface area (Å²) in [6.45, 7) is 0.421. The maximum absolute atomic E-state index is 12.0. The second kappa shape index (κ2) is 9.66. The van der Waals surface area contributed by atoms with Crippen LogP contribution in [0.4, 0.5) is 0 Å². The predicted octanol–water partition coefficient (Wildman–Crippen LogP) is 4.20. The van der Waals surface area contributed by atoms with Crippen LogP contribution in [0.2, 0.25) is 0 Å². The van der Waals surface area contributed by atoms with E-state index in [1.54, 1.807) is 31.5 Å². The lowest BCUT2D eigenvalue weighted by molar-refractivity contribution is 0.0955. The Labute approximate surface area is 171 Å².